The van der Waals surface area contributed by atoms with E-state index >= 15 is 0 Å². The van der Waals surface area contributed by atoms with E-state index in [4.69, 9.17) is 0 Å². The second-order valence-corrected chi connectivity index (χ2v) is 8.82. The molecule has 2 aromatic carbocycles. The Hall–Kier alpha value is -1.92. The van der Waals surface area contributed by atoms with Gasteiger partial charge in [0.05, 0.1) is 11.8 Å². The molecule has 0 aliphatic heterocycles. The highest BCUT2D eigenvalue weighted by atomic mass is 79.9. The average Bonchev–Trinajstić information content (AvgIpc) is 3.27. The number of carbonyl (C=O) groups excluding carboxylic acids is 2. The Kier molecular flexibility index (Phi) is 5.19. The summed E-state index contributed by atoms with van der Waals surface area (Å²) in [6.07, 6.45) is 5.02. The number of carbonyl (C=O) groups is 2. The highest BCUT2D eigenvalue weighted by molar-refractivity contribution is 9.10. The summed E-state index contributed by atoms with van der Waals surface area (Å²) in [5, 5.41) is 5.94. The lowest BCUT2D eigenvalue weighted by atomic mass is 9.81. The molecular weight excluding hydrogens is 472 g/mol. The van der Waals surface area contributed by atoms with Crippen molar-refractivity contribution in [3.63, 3.8) is 0 Å². The first-order chi connectivity index (χ1) is 13.0. The van der Waals surface area contributed by atoms with Gasteiger partial charge in [-0.3, -0.25) is 9.59 Å². The Balaban J connectivity index is 1.51. The zero-order chi connectivity index (χ0) is 19.0. The monoisotopic (exact) mass is 488 g/mol. The van der Waals surface area contributed by atoms with Gasteiger partial charge in [-0.15, -0.1) is 0 Å². The Morgan fingerprint density at radius 1 is 0.704 bits per heavy atom. The molecule has 1 saturated carbocycles. The Bertz CT molecular complexity index is 820. The van der Waals surface area contributed by atoms with E-state index in [2.05, 4.69) is 54.6 Å². The van der Waals surface area contributed by atoms with Crippen LogP contribution in [0.4, 0.5) is 11.4 Å². The van der Waals surface area contributed by atoms with Crippen LogP contribution >= 0.6 is 31.9 Å². The molecule has 2 aliphatic carbocycles. The Morgan fingerprint density at radius 2 is 1.07 bits per heavy atom. The van der Waals surface area contributed by atoms with Gasteiger partial charge >= 0.3 is 0 Å². The largest absolute Gasteiger partial charge is 0.326 e. The predicted octanol–water partition coefficient (Wildman–Crippen LogP) is 5.23. The van der Waals surface area contributed by atoms with Gasteiger partial charge in [0, 0.05) is 20.3 Å². The lowest BCUT2D eigenvalue weighted by Gasteiger charge is -2.26. The summed E-state index contributed by atoms with van der Waals surface area (Å²) in [4.78, 5) is 25.9. The number of benzene rings is 2. The minimum atomic E-state index is -0.348. The van der Waals surface area contributed by atoms with Crippen LogP contribution in [0.2, 0.25) is 0 Å². The minimum Gasteiger partial charge on any atom is -0.326 e. The van der Waals surface area contributed by atoms with Crippen molar-refractivity contribution in [1.82, 2.24) is 0 Å². The van der Waals surface area contributed by atoms with Gasteiger partial charge in [-0.05, 0) is 66.8 Å². The van der Waals surface area contributed by atoms with E-state index in [1.165, 1.54) is 0 Å². The van der Waals surface area contributed by atoms with Crippen molar-refractivity contribution in [3.8, 4) is 0 Å². The maximum absolute atomic E-state index is 13.0. The van der Waals surface area contributed by atoms with E-state index < -0.39 is 0 Å². The molecule has 4 nitrogen and oxygen atoms in total. The lowest BCUT2D eigenvalue weighted by molar-refractivity contribution is -0.129. The lowest BCUT2D eigenvalue weighted by Crippen LogP contribution is -2.39. The predicted molar refractivity (Wildman–Crippen MR) is 113 cm³/mol. The summed E-state index contributed by atoms with van der Waals surface area (Å²) in [7, 11) is 0. The third-order valence-electron chi connectivity index (χ3n) is 5.29. The van der Waals surface area contributed by atoms with Gasteiger partial charge in [-0.25, -0.2) is 0 Å². The number of halogens is 2. The van der Waals surface area contributed by atoms with Gasteiger partial charge in [-0.1, -0.05) is 44.0 Å². The van der Waals surface area contributed by atoms with Crippen molar-refractivity contribution in [2.24, 2.45) is 23.7 Å². The summed E-state index contributed by atoms with van der Waals surface area (Å²) in [6.45, 7) is 0. The highest BCUT2D eigenvalue weighted by Crippen LogP contribution is 2.48. The van der Waals surface area contributed by atoms with Crippen molar-refractivity contribution >= 4 is 55.0 Å². The molecule has 0 saturated heterocycles. The molecule has 2 N–H and O–H groups in total. The highest BCUT2D eigenvalue weighted by Gasteiger charge is 2.51. The van der Waals surface area contributed by atoms with Crippen molar-refractivity contribution < 1.29 is 9.59 Å². The van der Waals surface area contributed by atoms with Gasteiger partial charge < -0.3 is 10.6 Å². The van der Waals surface area contributed by atoms with E-state index in [1.54, 1.807) is 0 Å². The molecule has 0 heterocycles. The van der Waals surface area contributed by atoms with Gasteiger partial charge in [0.1, 0.15) is 0 Å². The Labute approximate surface area is 174 Å². The van der Waals surface area contributed by atoms with Crippen LogP contribution < -0.4 is 10.6 Å². The molecule has 2 amide bonds. The fourth-order valence-corrected chi connectivity index (χ4v) is 4.58. The van der Waals surface area contributed by atoms with E-state index in [-0.39, 0.29) is 35.5 Å². The number of allylic oxidation sites excluding steroid dienone is 2. The van der Waals surface area contributed by atoms with Crippen LogP contribution in [0, 0.1) is 23.7 Å². The average molecular weight is 490 g/mol. The normalized spacial score (nSPS) is 25.4. The maximum Gasteiger partial charge on any atom is 0.228 e. The Morgan fingerprint density at radius 3 is 1.44 bits per heavy atom. The molecule has 2 aliphatic rings. The van der Waals surface area contributed by atoms with E-state index in [0.29, 0.717) is 0 Å². The zero-order valence-electron chi connectivity index (χ0n) is 14.4. The van der Waals surface area contributed by atoms with Crippen LogP contribution in [0.3, 0.4) is 0 Å². The number of hydrogen-bond acceptors (Lipinski definition) is 2. The van der Waals surface area contributed by atoms with Crippen LogP contribution in [0.5, 0.6) is 0 Å². The number of nitrogens with one attached hydrogen (secondary N) is 2. The van der Waals surface area contributed by atoms with Crippen molar-refractivity contribution in [2.75, 3.05) is 10.6 Å². The summed E-state index contributed by atoms with van der Waals surface area (Å²) in [5.74, 6) is -0.648. The van der Waals surface area contributed by atoms with Crippen LogP contribution in [-0.4, -0.2) is 11.8 Å². The third-order valence-corrected chi connectivity index (χ3v) is 6.35. The van der Waals surface area contributed by atoms with E-state index in [1.807, 2.05) is 48.5 Å². The van der Waals surface area contributed by atoms with Crippen molar-refractivity contribution in [3.05, 3.63) is 69.6 Å². The molecule has 0 aromatic heterocycles. The second kappa shape index (κ2) is 7.60. The molecule has 27 heavy (non-hydrogen) atoms. The fraction of sp³-hybridized carbons (Fsp3) is 0.238. The molecule has 1 fully saturated rings. The number of amides is 2. The summed E-state index contributed by atoms with van der Waals surface area (Å²) in [6, 6.07) is 14.9. The molecule has 4 rings (SSSR count). The maximum atomic E-state index is 13.0. The van der Waals surface area contributed by atoms with Crippen molar-refractivity contribution in [1.29, 1.82) is 0 Å². The minimum absolute atomic E-state index is 0.0925. The van der Waals surface area contributed by atoms with Crippen LogP contribution in [0.15, 0.2) is 69.6 Å². The molecule has 4 atom stereocenters. The molecule has 0 unspecified atom stereocenters. The smallest absolute Gasteiger partial charge is 0.228 e. The SMILES string of the molecule is O=C(Nc1ccc(Br)cc1)[C@@H]1[C@H](C(=O)Nc2ccc(Br)cc2)[C@H]2C=C[C@H]1C2. The fourth-order valence-electron chi connectivity index (χ4n) is 4.05. The number of hydrogen-bond donors (Lipinski definition) is 2. The second-order valence-electron chi connectivity index (χ2n) is 6.99. The van der Waals surface area contributed by atoms with Gasteiger partial charge in [0.15, 0.2) is 0 Å². The topological polar surface area (TPSA) is 58.2 Å². The summed E-state index contributed by atoms with van der Waals surface area (Å²) >= 11 is 6.78. The zero-order valence-corrected chi connectivity index (χ0v) is 17.5. The first-order valence-corrected chi connectivity index (χ1v) is 10.4. The molecular formula is C21H18Br2N2O2. The standard InChI is InChI=1S/C21H18Br2N2O2/c22-14-3-7-16(8-4-14)24-20(26)18-12-1-2-13(11-12)19(18)21(27)25-17-9-5-15(23)6-10-17/h1-10,12-13,18-19H,11H2,(H,24,26)(H,25,27)/t12-,13-,18-,19+/m0/s1. The van der Waals surface area contributed by atoms with Crippen LogP contribution in [-0.2, 0) is 9.59 Å². The summed E-state index contributed by atoms with van der Waals surface area (Å²) in [5.41, 5.74) is 1.48. The van der Waals surface area contributed by atoms with Gasteiger partial charge in [0.25, 0.3) is 0 Å². The van der Waals surface area contributed by atoms with Crippen molar-refractivity contribution in [2.45, 2.75) is 6.42 Å². The van der Waals surface area contributed by atoms with Gasteiger partial charge in [0.2, 0.25) is 11.8 Å². The van der Waals surface area contributed by atoms with Gasteiger partial charge in [-0.2, -0.15) is 0 Å². The number of anilines is 2. The number of fused-ring (bicyclic) bond motifs is 2. The number of rotatable bonds is 4. The van der Waals surface area contributed by atoms with Crippen LogP contribution in [0.1, 0.15) is 6.42 Å². The molecule has 2 aromatic rings. The van der Waals surface area contributed by atoms with E-state index in [0.717, 1.165) is 26.7 Å². The molecule has 0 radical (unpaired) electrons. The first kappa shape index (κ1) is 18.4. The molecule has 2 bridgehead atoms. The third kappa shape index (κ3) is 3.87. The van der Waals surface area contributed by atoms with E-state index in [9.17, 15) is 9.59 Å². The first-order valence-electron chi connectivity index (χ1n) is 8.82. The molecule has 0 spiro atoms. The molecule has 138 valence electrons. The molecule has 6 heteroatoms. The summed E-state index contributed by atoms with van der Waals surface area (Å²) < 4.78 is 1.91. The quantitative estimate of drug-likeness (QED) is 0.578. The van der Waals surface area contributed by atoms with Crippen LogP contribution in [0.25, 0.3) is 0 Å².